The van der Waals surface area contributed by atoms with Gasteiger partial charge in [-0.1, -0.05) is 0 Å². The number of nitrogen functional groups attached to an aromatic ring is 1. The predicted molar refractivity (Wildman–Crippen MR) is 97.2 cm³/mol. The second kappa shape index (κ2) is 6.87. The van der Waals surface area contributed by atoms with E-state index < -0.39 is 5.82 Å². The first-order valence-corrected chi connectivity index (χ1v) is 8.70. The Kier molecular flexibility index (Phi) is 4.42. The molecule has 4 rings (SSSR count). The Balaban J connectivity index is 1.58. The lowest BCUT2D eigenvalue weighted by Gasteiger charge is -2.22. The van der Waals surface area contributed by atoms with Gasteiger partial charge < -0.3 is 15.8 Å². The van der Waals surface area contributed by atoms with Gasteiger partial charge in [0.2, 0.25) is 5.95 Å². The molecule has 136 valence electrons. The molecular weight excluding hydrogens is 335 g/mol. The van der Waals surface area contributed by atoms with E-state index in [1.54, 1.807) is 30.1 Å². The average Bonchev–Trinajstić information content (AvgIpc) is 2.98. The number of hydrogen-bond donors (Lipinski definition) is 2. The van der Waals surface area contributed by atoms with Crippen molar-refractivity contribution in [3.8, 4) is 17.0 Å². The molecule has 8 heteroatoms. The molecule has 1 aliphatic rings. The smallest absolute Gasteiger partial charge is 0.222 e. The molecule has 1 aliphatic heterocycles. The van der Waals surface area contributed by atoms with Crippen LogP contribution in [0.15, 0.2) is 24.4 Å². The number of benzene rings is 1. The molecule has 2 aromatic heterocycles. The van der Waals surface area contributed by atoms with Gasteiger partial charge in [0, 0.05) is 18.8 Å². The van der Waals surface area contributed by atoms with Crippen LogP contribution in [0.25, 0.3) is 22.3 Å². The summed E-state index contributed by atoms with van der Waals surface area (Å²) in [4.78, 5) is 8.20. The fraction of sp³-hybridized carbons (Fsp3) is 0.389. The van der Waals surface area contributed by atoms with Crippen molar-refractivity contribution in [2.45, 2.75) is 12.8 Å². The first kappa shape index (κ1) is 16.7. The van der Waals surface area contributed by atoms with Crippen LogP contribution >= 0.6 is 0 Å². The van der Waals surface area contributed by atoms with Crippen molar-refractivity contribution in [3.05, 3.63) is 30.2 Å². The first-order chi connectivity index (χ1) is 12.6. The molecule has 0 saturated carbocycles. The Morgan fingerprint density at radius 1 is 1.35 bits per heavy atom. The van der Waals surface area contributed by atoms with E-state index in [1.807, 2.05) is 0 Å². The number of nitrogens with one attached hydrogen (secondary N) is 1. The number of halogens is 1. The highest BCUT2D eigenvalue weighted by molar-refractivity contribution is 5.91. The van der Waals surface area contributed by atoms with Crippen LogP contribution in [0, 0.1) is 11.7 Å². The van der Waals surface area contributed by atoms with Crippen molar-refractivity contribution in [1.29, 1.82) is 0 Å². The molecule has 1 aromatic carbocycles. The van der Waals surface area contributed by atoms with E-state index in [4.69, 9.17) is 10.5 Å². The SMILES string of the molecule is Cn1nc(-c2ccc(OCC3CCNCC3)c(F)c2)c2cnc(N)nc21. The standard InChI is InChI=1S/C18H21FN6O/c1-25-17-13(9-22-18(20)23-17)16(24-25)12-2-3-15(14(19)8-12)26-10-11-4-6-21-7-5-11/h2-3,8-9,11,21H,4-7,10H2,1H3,(H2,20,22,23). The third-order valence-electron chi connectivity index (χ3n) is 4.74. The summed E-state index contributed by atoms with van der Waals surface area (Å²) in [6.07, 6.45) is 3.73. The van der Waals surface area contributed by atoms with Crippen molar-refractivity contribution in [3.63, 3.8) is 0 Å². The third-order valence-corrected chi connectivity index (χ3v) is 4.74. The highest BCUT2D eigenvalue weighted by Gasteiger charge is 2.17. The molecule has 0 amide bonds. The van der Waals surface area contributed by atoms with Crippen LogP contribution in [-0.4, -0.2) is 39.4 Å². The van der Waals surface area contributed by atoms with Gasteiger partial charge in [0.15, 0.2) is 17.2 Å². The van der Waals surface area contributed by atoms with Gasteiger partial charge in [0.25, 0.3) is 0 Å². The van der Waals surface area contributed by atoms with Crippen LogP contribution in [0.2, 0.25) is 0 Å². The Hall–Kier alpha value is -2.74. The highest BCUT2D eigenvalue weighted by atomic mass is 19.1. The van der Waals surface area contributed by atoms with E-state index in [2.05, 4.69) is 20.4 Å². The second-order valence-electron chi connectivity index (χ2n) is 6.59. The summed E-state index contributed by atoms with van der Waals surface area (Å²) >= 11 is 0. The van der Waals surface area contributed by atoms with E-state index in [1.165, 1.54) is 6.07 Å². The molecule has 0 spiro atoms. The van der Waals surface area contributed by atoms with Gasteiger partial charge in [0.05, 0.1) is 12.0 Å². The van der Waals surface area contributed by atoms with Gasteiger partial charge in [-0.2, -0.15) is 10.1 Å². The number of nitrogens with zero attached hydrogens (tertiary/aromatic N) is 4. The summed E-state index contributed by atoms with van der Waals surface area (Å²) in [7, 11) is 1.77. The molecule has 0 radical (unpaired) electrons. The Morgan fingerprint density at radius 3 is 2.92 bits per heavy atom. The number of anilines is 1. The lowest BCUT2D eigenvalue weighted by Crippen LogP contribution is -2.30. The summed E-state index contributed by atoms with van der Waals surface area (Å²) in [5.74, 6) is 0.525. The largest absolute Gasteiger partial charge is 0.490 e. The average molecular weight is 356 g/mol. The lowest BCUT2D eigenvalue weighted by atomic mass is 9.99. The maximum atomic E-state index is 14.5. The number of rotatable bonds is 4. The van der Waals surface area contributed by atoms with Crippen LogP contribution < -0.4 is 15.8 Å². The number of aryl methyl sites for hydroxylation is 1. The summed E-state index contributed by atoms with van der Waals surface area (Å²) in [6.45, 7) is 2.53. The van der Waals surface area contributed by atoms with Crippen LogP contribution in [0.3, 0.4) is 0 Å². The van der Waals surface area contributed by atoms with E-state index in [0.29, 0.717) is 29.4 Å². The third kappa shape index (κ3) is 3.20. The van der Waals surface area contributed by atoms with Crippen molar-refractivity contribution < 1.29 is 9.13 Å². The number of fused-ring (bicyclic) bond motifs is 1. The monoisotopic (exact) mass is 356 g/mol. The second-order valence-corrected chi connectivity index (χ2v) is 6.59. The Morgan fingerprint density at radius 2 is 2.15 bits per heavy atom. The van der Waals surface area contributed by atoms with Gasteiger partial charge in [-0.15, -0.1) is 0 Å². The van der Waals surface area contributed by atoms with Crippen molar-refractivity contribution in [1.82, 2.24) is 25.1 Å². The van der Waals surface area contributed by atoms with Gasteiger partial charge in [-0.05, 0) is 50.0 Å². The molecule has 3 heterocycles. The minimum atomic E-state index is -0.397. The van der Waals surface area contributed by atoms with E-state index >= 15 is 0 Å². The molecular formula is C18H21FN6O. The predicted octanol–water partition coefficient (Wildman–Crippen LogP) is 2.13. The zero-order chi connectivity index (χ0) is 18.1. The summed E-state index contributed by atoms with van der Waals surface area (Å²) in [5.41, 5.74) is 7.51. The molecule has 0 atom stereocenters. The maximum absolute atomic E-state index is 14.5. The zero-order valence-corrected chi connectivity index (χ0v) is 14.6. The van der Waals surface area contributed by atoms with E-state index in [0.717, 1.165) is 31.3 Å². The number of aromatic nitrogens is 4. The van der Waals surface area contributed by atoms with Gasteiger partial charge >= 0.3 is 0 Å². The van der Waals surface area contributed by atoms with Crippen molar-refractivity contribution in [2.75, 3.05) is 25.4 Å². The normalized spacial score (nSPS) is 15.5. The Bertz CT molecular complexity index is 935. The van der Waals surface area contributed by atoms with E-state index in [9.17, 15) is 4.39 Å². The molecule has 0 aliphatic carbocycles. The number of ether oxygens (including phenoxy) is 1. The molecule has 3 aromatic rings. The zero-order valence-electron chi connectivity index (χ0n) is 14.6. The molecule has 26 heavy (non-hydrogen) atoms. The minimum Gasteiger partial charge on any atom is -0.490 e. The van der Waals surface area contributed by atoms with Crippen LogP contribution in [0.1, 0.15) is 12.8 Å². The highest BCUT2D eigenvalue weighted by Crippen LogP contribution is 2.30. The van der Waals surface area contributed by atoms with Crippen molar-refractivity contribution >= 4 is 17.0 Å². The first-order valence-electron chi connectivity index (χ1n) is 8.70. The minimum absolute atomic E-state index is 0.180. The summed E-state index contributed by atoms with van der Waals surface area (Å²) in [6, 6.07) is 4.90. The van der Waals surface area contributed by atoms with Gasteiger partial charge in [-0.3, -0.25) is 0 Å². The fourth-order valence-corrected chi connectivity index (χ4v) is 3.29. The van der Waals surface area contributed by atoms with Crippen LogP contribution in [0.5, 0.6) is 5.75 Å². The molecule has 3 N–H and O–H groups in total. The fourth-order valence-electron chi connectivity index (χ4n) is 3.29. The number of hydrogen-bond acceptors (Lipinski definition) is 6. The number of piperidine rings is 1. The summed E-state index contributed by atoms with van der Waals surface area (Å²) in [5, 5.41) is 8.48. The molecule has 1 saturated heterocycles. The van der Waals surface area contributed by atoms with Crippen molar-refractivity contribution in [2.24, 2.45) is 13.0 Å². The molecule has 0 unspecified atom stereocenters. The molecule has 7 nitrogen and oxygen atoms in total. The van der Waals surface area contributed by atoms with Gasteiger partial charge in [0.1, 0.15) is 5.69 Å². The van der Waals surface area contributed by atoms with E-state index in [-0.39, 0.29) is 11.7 Å². The van der Waals surface area contributed by atoms with Crippen LogP contribution in [-0.2, 0) is 7.05 Å². The number of nitrogens with two attached hydrogens (primary N) is 1. The maximum Gasteiger partial charge on any atom is 0.222 e. The quantitative estimate of drug-likeness (QED) is 0.744. The molecule has 1 fully saturated rings. The molecule has 0 bridgehead atoms. The lowest BCUT2D eigenvalue weighted by molar-refractivity contribution is 0.208. The van der Waals surface area contributed by atoms with Gasteiger partial charge in [-0.25, -0.2) is 14.1 Å². The summed E-state index contributed by atoms with van der Waals surface area (Å²) < 4.78 is 21.9. The Labute approximate surface area is 150 Å². The van der Waals surface area contributed by atoms with Crippen LogP contribution in [0.4, 0.5) is 10.3 Å². The topological polar surface area (TPSA) is 90.9 Å².